The van der Waals surface area contributed by atoms with Crippen molar-refractivity contribution in [2.24, 2.45) is 0 Å². The molecule has 0 spiro atoms. The summed E-state index contributed by atoms with van der Waals surface area (Å²) in [6.07, 6.45) is 2.65. The van der Waals surface area contributed by atoms with Crippen LogP contribution in [0.5, 0.6) is 0 Å². The highest BCUT2D eigenvalue weighted by molar-refractivity contribution is 7.92. The summed E-state index contributed by atoms with van der Waals surface area (Å²) >= 11 is 0. The molecule has 1 aromatic carbocycles. The van der Waals surface area contributed by atoms with E-state index in [1.165, 1.54) is 0 Å². The molecule has 0 radical (unpaired) electrons. The average molecular weight is 403 g/mol. The first kappa shape index (κ1) is 20.0. The van der Waals surface area contributed by atoms with Crippen molar-refractivity contribution in [1.29, 1.82) is 0 Å². The second-order valence-corrected chi connectivity index (χ2v) is 10.3. The maximum Gasteiger partial charge on any atom is 0.501 e. The fourth-order valence-electron chi connectivity index (χ4n) is 2.85. The largest absolute Gasteiger partial charge is 0.501 e. The smallest absolute Gasteiger partial charge is 0.381 e. The molecule has 142 valence electrons. The van der Waals surface area contributed by atoms with Crippen molar-refractivity contribution < 1.29 is 34.4 Å². The highest BCUT2D eigenvalue weighted by Crippen LogP contribution is 2.36. The zero-order valence-corrected chi connectivity index (χ0v) is 14.8. The number of halogens is 4. The van der Waals surface area contributed by atoms with Crippen LogP contribution in [0.4, 0.5) is 23.2 Å². The van der Waals surface area contributed by atoms with Crippen LogP contribution in [0.15, 0.2) is 23.1 Å². The van der Waals surface area contributed by atoms with Gasteiger partial charge in [-0.25, -0.2) is 21.2 Å². The normalized spacial score (nSPS) is 22.6. The van der Waals surface area contributed by atoms with E-state index in [1.807, 2.05) is 0 Å². The summed E-state index contributed by atoms with van der Waals surface area (Å²) < 4.78 is 98.4. The first-order chi connectivity index (χ1) is 11.3. The fraction of sp³-hybridized carbons (Fsp3) is 0.571. The van der Waals surface area contributed by atoms with Gasteiger partial charge in [0.1, 0.15) is 20.5 Å². The quantitative estimate of drug-likeness (QED) is 0.782. The maximum absolute atomic E-state index is 13.3. The Hall–Kier alpha value is -1.36. The summed E-state index contributed by atoms with van der Waals surface area (Å²) in [5, 5.41) is 2.00. The molecule has 1 aliphatic carbocycles. The molecule has 0 aliphatic heterocycles. The molecular weight excluding hydrogens is 386 g/mol. The van der Waals surface area contributed by atoms with Gasteiger partial charge in [-0.1, -0.05) is 6.42 Å². The second kappa shape index (κ2) is 6.75. The van der Waals surface area contributed by atoms with Crippen LogP contribution >= 0.6 is 0 Å². The van der Waals surface area contributed by atoms with Crippen LogP contribution < -0.4 is 5.32 Å². The van der Waals surface area contributed by atoms with Gasteiger partial charge >= 0.3 is 5.51 Å². The van der Waals surface area contributed by atoms with Crippen molar-refractivity contribution in [2.75, 3.05) is 11.6 Å². The summed E-state index contributed by atoms with van der Waals surface area (Å²) in [7, 11) is -9.06. The van der Waals surface area contributed by atoms with E-state index in [-0.39, 0.29) is 6.42 Å². The minimum Gasteiger partial charge on any atom is -0.381 e. The lowest BCUT2D eigenvalue weighted by Crippen LogP contribution is -2.35. The predicted molar refractivity (Wildman–Crippen MR) is 84.2 cm³/mol. The molecule has 1 fully saturated rings. The first-order valence-electron chi connectivity index (χ1n) is 7.38. The first-order valence-corrected chi connectivity index (χ1v) is 10.8. The minimum atomic E-state index is -5.74. The van der Waals surface area contributed by atoms with E-state index in [0.29, 0.717) is 25.3 Å². The molecule has 1 saturated carbocycles. The Morgan fingerprint density at radius 3 is 2.32 bits per heavy atom. The molecule has 11 heteroatoms. The molecular formula is C14H17F4NO4S2. The van der Waals surface area contributed by atoms with Crippen LogP contribution in [0.2, 0.25) is 0 Å². The minimum absolute atomic E-state index is 0.141. The number of sulfone groups is 2. The van der Waals surface area contributed by atoms with Crippen molar-refractivity contribution in [2.45, 2.75) is 47.4 Å². The molecule has 0 aromatic heterocycles. The monoisotopic (exact) mass is 403 g/mol. The van der Waals surface area contributed by atoms with E-state index in [0.717, 1.165) is 18.4 Å². The fourth-order valence-corrected chi connectivity index (χ4v) is 4.96. The lowest BCUT2D eigenvalue weighted by atomic mass is 9.95. The van der Waals surface area contributed by atoms with Gasteiger partial charge in [0.05, 0.1) is 10.9 Å². The molecule has 25 heavy (non-hydrogen) atoms. The molecule has 1 N–H and O–H groups in total. The third-order valence-electron chi connectivity index (χ3n) is 4.13. The molecule has 2 atom stereocenters. The van der Waals surface area contributed by atoms with E-state index in [9.17, 15) is 34.4 Å². The van der Waals surface area contributed by atoms with Gasteiger partial charge in [-0.3, -0.25) is 0 Å². The van der Waals surface area contributed by atoms with Gasteiger partial charge in [-0.05, 0) is 37.5 Å². The number of rotatable bonds is 4. The van der Waals surface area contributed by atoms with E-state index in [4.69, 9.17) is 0 Å². The lowest BCUT2D eigenvalue weighted by molar-refractivity contribution is -0.0435. The molecule has 0 saturated heterocycles. The van der Waals surface area contributed by atoms with Gasteiger partial charge < -0.3 is 5.32 Å². The third kappa shape index (κ3) is 4.43. The van der Waals surface area contributed by atoms with Crippen LogP contribution in [0.25, 0.3) is 0 Å². The zero-order chi connectivity index (χ0) is 19.0. The molecule has 2 rings (SSSR count). The molecule has 1 aliphatic rings. The summed E-state index contributed by atoms with van der Waals surface area (Å²) in [6, 6.07) is 1.54. The standard InChI is InChI=1S/C14H17F4NO4S2/c1-24(20,21)11-4-2-3-10(8-11)19-12-6-5-9(15)7-13(12)25(22,23)14(16,17)18/h5-7,10-11,19H,2-4,8H2,1H3. The maximum atomic E-state index is 13.3. The Labute approximate surface area is 143 Å². The van der Waals surface area contributed by atoms with Gasteiger partial charge in [0.15, 0.2) is 0 Å². The Bertz CT molecular complexity index is 850. The Morgan fingerprint density at radius 2 is 1.76 bits per heavy atom. The molecule has 5 nitrogen and oxygen atoms in total. The number of nitrogens with one attached hydrogen (secondary N) is 1. The van der Waals surface area contributed by atoms with Crippen molar-refractivity contribution in [3.05, 3.63) is 24.0 Å². The van der Waals surface area contributed by atoms with Crippen LogP contribution in [0.3, 0.4) is 0 Å². The highest BCUT2D eigenvalue weighted by atomic mass is 32.2. The number of alkyl halides is 3. The molecule has 0 bridgehead atoms. The van der Waals surface area contributed by atoms with Gasteiger partial charge in [0.2, 0.25) is 0 Å². The van der Waals surface area contributed by atoms with Crippen LogP contribution in [-0.2, 0) is 19.7 Å². The van der Waals surface area contributed by atoms with E-state index >= 15 is 0 Å². The second-order valence-electron chi connectivity index (χ2n) is 6.05. The van der Waals surface area contributed by atoms with Crippen molar-refractivity contribution in [3.8, 4) is 0 Å². The summed E-state index contributed by atoms with van der Waals surface area (Å²) in [4.78, 5) is -1.21. The van der Waals surface area contributed by atoms with Gasteiger partial charge in [-0.2, -0.15) is 13.2 Å². The number of hydrogen-bond acceptors (Lipinski definition) is 5. The van der Waals surface area contributed by atoms with Gasteiger partial charge in [0.25, 0.3) is 9.84 Å². The van der Waals surface area contributed by atoms with Crippen molar-refractivity contribution in [3.63, 3.8) is 0 Å². The Kier molecular flexibility index (Phi) is 5.39. The number of anilines is 1. The third-order valence-corrected chi connectivity index (χ3v) is 7.29. The summed E-state index contributed by atoms with van der Waals surface area (Å²) in [5.41, 5.74) is -5.96. The number of benzene rings is 1. The summed E-state index contributed by atoms with van der Waals surface area (Å²) in [6.45, 7) is 0. The average Bonchev–Trinajstić information content (AvgIpc) is 2.47. The summed E-state index contributed by atoms with van der Waals surface area (Å²) in [5.74, 6) is -1.12. The molecule has 2 unspecified atom stereocenters. The van der Waals surface area contributed by atoms with Crippen molar-refractivity contribution in [1.82, 2.24) is 0 Å². The van der Waals surface area contributed by atoms with Crippen molar-refractivity contribution >= 4 is 25.4 Å². The van der Waals surface area contributed by atoms with Crippen LogP contribution in [0.1, 0.15) is 25.7 Å². The molecule has 1 aromatic rings. The zero-order valence-electron chi connectivity index (χ0n) is 13.2. The Morgan fingerprint density at radius 1 is 1.12 bits per heavy atom. The SMILES string of the molecule is CS(=O)(=O)C1CCCC(Nc2ccc(F)cc2S(=O)(=O)C(F)(F)F)C1. The van der Waals surface area contributed by atoms with Gasteiger partial charge in [-0.15, -0.1) is 0 Å². The molecule has 0 amide bonds. The van der Waals surface area contributed by atoms with Crippen LogP contribution in [-0.4, -0.2) is 39.9 Å². The van der Waals surface area contributed by atoms with E-state index in [1.54, 1.807) is 0 Å². The van der Waals surface area contributed by atoms with Gasteiger partial charge in [0, 0.05) is 12.3 Å². The lowest BCUT2D eigenvalue weighted by Gasteiger charge is -2.30. The predicted octanol–water partition coefficient (Wildman–Crippen LogP) is 2.89. The Balaban J connectivity index is 2.35. The van der Waals surface area contributed by atoms with E-state index < -0.39 is 52.9 Å². The molecule has 0 heterocycles. The topological polar surface area (TPSA) is 80.3 Å². The highest BCUT2D eigenvalue weighted by Gasteiger charge is 2.48. The van der Waals surface area contributed by atoms with Crippen LogP contribution in [0, 0.1) is 5.82 Å². The number of hydrogen-bond donors (Lipinski definition) is 1. The van der Waals surface area contributed by atoms with E-state index in [2.05, 4.69) is 5.32 Å².